The topological polar surface area (TPSA) is 146 Å². The normalized spacial score (nSPS) is 15.1. The van der Waals surface area contributed by atoms with Crippen LogP contribution in [0.4, 0.5) is 9.52 Å². The fourth-order valence-electron chi connectivity index (χ4n) is 7.33. The number of nitrogens with one attached hydrogen (secondary N) is 3. The molecule has 3 N–H and O–H groups in total. The second kappa shape index (κ2) is 21.9. The molecule has 1 aliphatic rings. The summed E-state index contributed by atoms with van der Waals surface area (Å²) in [5.74, 6) is 0.106. The van der Waals surface area contributed by atoms with Gasteiger partial charge in [0.2, 0.25) is 11.8 Å². The highest BCUT2D eigenvalue weighted by Gasteiger charge is 2.35. The van der Waals surface area contributed by atoms with Crippen LogP contribution in [0.15, 0.2) is 90.4 Å². The smallest absolute Gasteiger partial charge is 0.337 e. The van der Waals surface area contributed by atoms with Crippen LogP contribution in [0.2, 0.25) is 0 Å². The van der Waals surface area contributed by atoms with Crippen molar-refractivity contribution in [3.05, 3.63) is 124 Å². The van der Waals surface area contributed by atoms with Gasteiger partial charge in [-0.1, -0.05) is 50.2 Å². The number of hydrogen-bond donors (Lipinski definition) is 3. The maximum absolute atomic E-state index is 15.6. The number of nitrogens with zero attached hydrogens (tertiary/aromatic N) is 1. The Labute approximate surface area is 366 Å². The standard InChI is InChI=1S/C48H55FN4O8S/c1-31(2)26-33-6-8-34(9-7-33)32(3)45(55)50-18-20-58-21-22-59-23-24-60-42-27-37-16-17-52-48(4,30-44(54)53-47-51-19-25-62-47)40(37)29-43(42)61-38-14-15-39(41(49)28-38)35-10-12-36(13-11-35)46(56)57-5/h6-15,19,25,27-29,31-32,52H,16-18,20-24,26,30H2,1-5H3,(H,50,55)(H,51,53,54)/t32-,48+/m0/s1. The molecule has 0 bridgehead atoms. The summed E-state index contributed by atoms with van der Waals surface area (Å²) in [4.78, 5) is 42.0. The van der Waals surface area contributed by atoms with Crippen LogP contribution >= 0.6 is 11.3 Å². The molecule has 1 aromatic heterocycles. The number of aromatic nitrogens is 1. The average molecular weight is 867 g/mol. The zero-order chi connectivity index (χ0) is 44.1. The maximum atomic E-state index is 15.6. The van der Waals surface area contributed by atoms with E-state index in [0.717, 1.165) is 23.1 Å². The zero-order valence-electron chi connectivity index (χ0n) is 35.9. The lowest BCUT2D eigenvalue weighted by Gasteiger charge is -2.37. The average Bonchev–Trinajstić information content (AvgIpc) is 3.77. The molecule has 62 heavy (non-hydrogen) atoms. The van der Waals surface area contributed by atoms with E-state index in [2.05, 4.69) is 46.9 Å². The fourth-order valence-corrected chi connectivity index (χ4v) is 7.88. The summed E-state index contributed by atoms with van der Waals surface area (Å²) in [6.45, 7) is 10.8. The number of anilines is 1. The van der Waals surface area contributed by atoms with Gasteiger partial charge in [0.25, 0.3) is 0 Å². The van der Waals surface area contributed by atoms with Gasteiger partial charge in [-0.3, -0.25) is 9.59 Å². The molecule has 328 valence electrons. The largest absolute Gasteiger partial charge is 0.487 e. The van der Waals surface area contributed by atoms with Gasteiger partial charge in [-0.15, -0.1) is 11.3 Å². The Morgan fingerprint density at radius 1 is 0.903 bits per heavy atom. The molecule has 0 unspecified atom stereocenters. The van der Waals surface area contributed by atoms with E-state index >= 15 is 4.39 Å². The molecule has 0 spiro atoms. The van der Waals surface area contributed by atoms with Gasteiger partial charge in [-0.25, -0.2) is 14.2 Å². The molecule has 14 heteroatoms. The summed E-state index contributed by atoms with van der Waals surface area (Å²) in [5, 5.41) is 11.7. The molecule has 0 saturated heterocycles. The lowest BCUT2D eigenvalue weighted by Crippen LogP contribution is -2.47. The first-order valence-electron chi connectivity index (χ1n) is 20.8. The lowest BCUT2D eigenvalue weighted by molar-refractivity contribution is -0.122. The number of thiazole rings is 1. The third-order valence-electron chi connectivity index (χ3n) is 10.6. The first-order chi connectivity index (χ1) is 29.9. The minimum atomic E-state index is -0.749. The van der Waals surface area contributed by atoms with Crippen LogP contribution in [0.1, 0.15) is 72.6 Å². The van der Waals surface area contributed by atoms with Crippen molar-refractivity contribution in [2.75, 3.05) is 58.6 Å². The number of halogens is 1. The van der Waals surface area contributed by atoms with E-state index in [-0.39, 0.29) is 43.1 Å². The molecular weight excluding hydrogens is 812 g/mol. The van der Waals surface area contributed by atoms with E-state index in [0.29, 0.717) is 78.6 Å². The molecule has 2 heterocycles. The van der Waals surface area contributed by atoms with Crippen LogP contribution in [0.3, 0.4) is 0 Å². The summed E-state index contributed by atoms with van der Waals surface area (Å²) < 4.78 is 44.5. The molecule has 2 atom stereocenters. The summed E-state index contributed by atoms with van der Waals surface area (Å²) in [5.41, 5.74) is 4.62. The van der Waals surface area contributed by atoms with Crippen LogP contribution < -0.4 is 25.4 Å². The molecular formula is C48H55FN4O8S. The van der Waals surface area contributed by atoms with Crippen molar-refractivity contribution in [1.82, 2.24) is 15.6 Å². The van der Waals surface area contributed by atoms with Crippen molar-refractivity contribution in [2.45, 2.75) is 58.4 Å². The summed E-state index contributed by atoms with van der Waals surface area (Å²) in [6, 6.07) is 23.1. The highest BCUT2D eigenvalue weighted by atomic mass is 32.1. The second-order valence-electron chi connectivity index (χ2n) is 15.8. The Morgan fingerprint density at radius 2 is 1.65 bits per heavy atom. The van der Waals surface area contributed by atoms with Crippen molar-refractivity contribution in [2.24, 2.45) is 5.92 Å². The molecule has 6 rings (SSSR count). The predicted molar refractivity (Wildman–Crippen MR) is 238 cm³/mol. The van der Waals surface area contributed by atoms with E-state index < -0.39 is 17.3 Å². The van der Waals surface area contributed by atoms with Gasteiger partial charge < -0.3 is 39.6 Å². The SMILES string of the molecule is COC(=O)c1ccc(-c2ccc(Oc3cc4c(cc3OCCOCCOCCNC(=O)[C@@H](C)c3ccc(CC(C)C)cc3)CCN[C@]4(C)CC(=O)Nc3nccs3)cc2F)cc1. The Balaban J connectivity index is 1.05. The molecule has 5 aromatic rings. The third-order valence-corrected chi connectivity index (χ3v) is 11.3. The van der Waals surface area contributed by atoms with Crippen molar-refractivity contribution >= 4 is 34.3 Å². The van der Waals surface area contributed by atoms with E-state index in [1.54, 1.807) is 48.0 Å². The highest BCUT2D eigenvalue weighted by Crippen LogP contribution is 2.42. The van der Waals surface area contributed by atoms with Crippen LogP contribution in [0.25, 0.3) is 11.1 Å². The van der Waals surface area contributed by atoms with Crippen LogP contribution in [-0.4, -0.2) is 76.0 Å². The molecule has 1 aliphatic heterocycles. The monoisotopic (exact) mass is 866 g/mol. The number of carbonyl (C=O) groups excluding carboxylic acids is 3. The molecule has 0 aliphatic carbocycles. The van der Waals surface area contributed by atoms with Crippen LogP contribution in [-0.2, 0) is 42.2 Å². The predicted octanol–water partition coefficient (Wildman–Crippen LogP) is 8.45. The number of esters is 1. The minimum Gasteiger partial charge on any atom is -0.487 e. The number of carbonyl (C=O) groups is 3. The summed E-state index contributed by atoms with van der Waals surface area (Å²) in [6.07, 6.45) is 3.46. The number of methoxy groups -OCH3 is 1. The van der Waals surface area contributed by atoms with Crippen molar-refractivity contribution in [3.63, 3.8) is 0 Å². The molecule has 0 fully saturated rings. The summed E-state index contributed by atoms with van der Waals surface area (Å²) in [7, 11) is 1.31. The van der Waals surface area contributed by atoms with Crippen LogP contribution in [0, 0.1) is 11.7 Å². The van der Waals surface area contributed by atoms with E-state index in [1.807, 2.05) is 38.1 Å². The molecule has 0 saturated carbocycles. The summed E-state index contributed by atoms with van der Waals surface area (Å²) >= 11 is 1.35. The van der Waals surface area contributed by atoms with Crippen molar-refractivity contribution in [3.8, 4) is 28.4 Å². The first kappa shape index (κ1) is 45.8. The van der Waals surface area contributed by atoms with Gasteiger partial charge >= 0.3 is 5.97 Å². The first-order valence-corrected chi connectivity index (χ1v) is 21.7. The highest BCUT2D eigenvalue weighted by molar-refractivity contribution is 7.13. The molecule has 0 radical (unpaired) electrons. The number of benzene rings is 4. The third kappa shape index (κ3) is 12.5. The Morgan fingerprint density at radius 3 is 2.34 bits per heavy atom. The molecule has 2 amide bonds. The maximum Gasteiger partial charge on any atom is 0.337 e. The van der Waals surface area contributed by atoms with Gasteiger partial charge in [0.1, 0.15) is 18.2 Å². The van der Waals surface area contributed by atoms with Gasteiger partial charge in [-0.05, 0) is 96.8 Å². The van der Waals surface area contributed by atoms with Crippen LogP contribution in [0.5, 0.6) is 17.2 Å². The minimum absolute atomic E-state index is 0.0479. The Hall–Kier alpha value is -5.67. The van der Waals surface area contributed by atoms with Gasteiger partial charge in [0.15, 0.2) is 16.6 Å². The van der Waals surface area contributed by atoms with Gasteiger partial charge in [0.05, 0.1) is 45.0 Å². The number of fused-ring (bicyclic) bond motifs is 1. The van der Waals surface area contributed by atoms with Gasteiger partial charge in [-0.2, -0.15) is 0 Å². The number of amides is 2. The quantitative estimate of drug-likeness (QED) is 0.0485. The van der Waals surface area contributed by atoms with E-state index in [9.17, 15) is 14.4 Å². The molecule has 4 aromatic carbocycles. The van der Waals surface area contributed by atoms with Gasteiger partial charge in [0, 0.05) is 48.3 Å². The fraction of sp³-hybridized carbons (Fsp3) is 0.375. The van der Waals surface area contributed by atoms with E-state index in [1.165, 1.54) is 30.1 Å². The number of rotatable bonds is 21. The Bertz CT molecular complexity index is 2270. The Kier molecular flexibility index (Phi) is 16.2. The van der Waals surface area contributed by atoms with Crippen molar-refractivity contribution in [1.29, 1.82) is 0 Å². The second-order valence-corrected chi connectivity index (χ2v) is 16.7. The number of ether oxygens (including phenoxy) is 5. The molecule has 12 nitrogen and oxygen atoms in total. The van der Waals surface area contributed by atoms with Crippen molar-refractivity contribution < 1.29 is 42.5 Å². The number of hydrogen-bond acceptors (Lipinski definition) is 11. The van der Waals surface area contributed by atoms with E-state index in [4.69, 9.17) is 23.7 Å². The lowest BCUT2D eigenvalue weighted by atomic mass is 9.81. The zero-order valence-corrected chi connectivity index (χ0v) is 36.7.